The van der Waals surface area contributed by atoms with Crippen LogP contribution in [0, 0.1) is 6.92 Å². The summed E-state index contributed by atoms with van der Waals surface area (Å²) in [5.74, 6) is -1.17. The van der Waals surface area contributed by atoms with Gasteiger partial charge in [-0.15, -0.1) is 0 Å². The van der Waals surface area contributed by atoms with Crippen molar-refractivity contribution in [2.24, 2.45) is 5.73 Å². The predicted molar refractivity (Wildman–Crippen MR) is 63.0 cm³/mol. The summed E-state index contributed by atoms with van der Waals surface area (Å²) in [5.41, 5.74) is 5.96. The summed E-state index contributed by atoms with van der Waals surface area (Å²) in [6.07, 6.45) is 0. The first kappa shape index (κ1) is 14.1. The number of aromatic nitrogens is 2. The molecule has 0 aromatic carbocycles. The van der Waals surface area contributed by atoms with Crippen LogP contribution >= 0.6 is 0 Å². The number of H-pyrrole nitrogens is 1. The highest BCUT2D eigenvalue weighted by molar-refractivity contribution is 6.02. The summed E-state index contributed by atoms with van der Waals surface area (Å²) in [7, 11) is 0. The van der Waals surface area contributed by atoms with Crippen molar-refractivity contribution in [2.45, 2.75) is 19.9 Å². The molecule has 0 spiro atoms. The smallest absolute Gasteiger partial charge is 0.343 e. The molecule has 1 aromatic rings. The number of anilines is 1. The lowest BCUT2D eigenvalue weighted by molar-refractivity contribution is -0.118. The second kappa shape index (κ2) is 6.12. The van der Waals surface area contributed by atoms with Crippen molar-refractivity contribution in [3.63, 3.8) is 0 Å². The molecule has 8 heteroatoms. The topological polar surface area (TPSA) is 130 Å². The van der Waals surface area contributed by atoms with Crippen LogP contribution < -0.4 is 11.1 Å². The number of hydrogen-bond acceptors (Lipinski definition) is 6. The Labute approximate surface area is 104 Å². The minimum Gasteiger partial charge on any atom is -0.462 e. The summed E-state index contributed by atoms with van der Waals surface area (Å²) in [6, 6.07) is -1.07. The zero-order valence-electron chi connectivity index (χ0n) is 10.2. The molecular formula is C10H16N4O4. The average molecular weight is 256 g/mol. The van der Waals surface area contributed by atoms with Crippen LogP contribution in [0.2, 0.25) is 0 Å². The fourth-order valence-corrected chi connectivity index (χ4v) is 1.26. The number of rotatable bonds is 5. The van der Waals surface area contributed by atoms with Gasteiger partial charge in [-0.25, -0.2) is 4.79 Å². The Balaban J connectivity index is 2.90. The summed E-state index contributed by atoms with van der Waals surface area (Å²) in [4.78, 5) is 23.1. The molecule has 1 heterocycles. The SMILES string of the molecule is CCOC(=O)c1c(NC(=O)C(N)CO)n[nH]c1C. The van der Waals surface area contributed by atoms with Crippen molar-refractivity contribution in [1.29, 1.82) is 0 Å². The maximum Gasteiger partial charge on any atom is 0.343 e. The summed E-state index contributed by atoms with van der Waals surface area (Å²) in [6.45, 7) is 3.02. The molecule has 1 unspecified atom stereocenters. The number of aliphatic hydroxyl groups excluding tert-OH is 1. The molecule has 8 nitrogen and oxygen atoms in total. The van der Waals surface area contributed by atoms with Gasteiger partial charge in [-0.3, -0.25) is 9.89 Å². The number of aryl methyl sites for hydroxylation is 1. The van der Waals surface area contributed by atoms with E-state index in [0.717, 1.165) is 0 Å². The van der Waals surface area contributed by atoms with Crippen molar-refractivity contribution < 1.29 is 19.4 Å². The Hall–Kier alpha value is -1.93. The zero-order valence-corrected chi connectivity index (χ0v) is 10.2. The Bertz CT molecular complexity index is 443. The number of nitrogens with two attached hydrogens (primary N) is 1. The van der Waals surface area contributed by atoms with Gasteiger partial charge in [-0.05, 0) is 13.8 Å². The second-order valence-corrected chi connectivity index (χ2v) is 3.57. The largest absolute Gasteiger partial charge is 0.462 e. The van der Waals surface area contributed by atoms with Crippen molar-refractivity contribution in [3.05, 3.63) is 11.3 Å². The van der Waals surface area contributed by atoms with Gasteiger partial charge < -0.3 is 20.9 Å². The first-order valence-corrected chi connectivity index (χ1v) is 5.40. The molecular weight excluding hydrogens is 240 g/mol. The number of carbonyl (C=O) groups excluding carboxylic acids is 2. The van der Waals surface area contributed by atoms with E-state index in [0.29, 0.717) is 5.69 Å². The molecule has 0 saturated carbocycles. The Morgan fingerprint density at radius 3 is 2.83 bits per heavy atom. The Kier molecular flexibility index (Phi) is 4.81. The average Bonchev–Trinajstić information content (AvgIpc) is 2.69. The lowest BCUT2D eigenvalue weighted by atomic mass is 10.2. The zero-order chi connectivity index (χ0) is 13.7. The molecule has 0 saturated heterocycles. The summed E-state index contributed by atoms with van der Waals surface area (Å²) < 4.78 is 4.85. The summed E-state index contributed by atoms with van der Waals surface area (Å²) >= 11 is 0. The van der Waals surface area contributed by atoms with Crippen LogP contribution in [0.1, 0.15) is 23.0 Å². The Morgan fingerprint density at radius 2 is 2.28 bits per heavy atom. The number of esters is 1. The molecule has 1 rings (SSSR count). The van der Waals surface area contributed by atoms with Crippen LogP contribution in [0.4, 0.5) is 5.82 Å². The molecule has 18 heavy (non-hydrogen) atoms. The number of ether oxygens (including phenoxy) is 1. The van der Waals surface area contributed by atoms with Gasteiger partial charge in [-0.1, -0.05) is 0 Å². The molecule has 0 aliphatic rings. The maximum atomic E-state index is 11.7. The van der Waals surface area contributed by atoms with E-state index in [1.54, 1.807) is 13.8 Å². The van der Waals surface area contributed by atoms with Crippen LogP contribution in [0.3, 0.4) is 0 Å². The molecule has 0 aliphatic heterocycles. The number of aromatic amines is 1. The molecule has 0 radical (unpaired) electrons. The third kappa shape index (κ3) is 3.05. The number of carbonyl (C=O) groups is 2. The van der Waals surface area contributed by atoms with Crippen molar-refractivity contribution >= 4 is 17.7 Å². The molecule has 1 amide bonds. The van der Waals surface area contributed by atoms with E-state index < -0.39 is 24.5 Å². The molecule has 5 N–H and O–H groups in total. The highest BCUT2D eigenvalue weighted by Crippen LogP contribution is 2.17. The van der Waals surface area contributed by atoms with Crippen LogP contribution in [0.25, 0.3) is 0 Å². The van der Waals surface area contributed by atoms with Gasteiger partial charge in [0.25, 0.3) is 0 Å². The molecule has 0 aliphatic carbocycles. The minimum absolute atomic E-state index is 0.0415. The van der Waals surface area contributed by atoms with E-state index in [-0.39, 0.29) is 18.0 Å². The quantitative estimate of drug-likeness (QED) is 0.508. The fraction of sp³-hybridized carbons (Fsp3) is 0.500. The van der Waals surface area contributed by atoms with Crippen molar-refractivity contribution in [3.8, 4) is 0 Å². The molecule has 0 bridgehead atoms. The van der Waals surface area contributed by atoms with Gasteiger partial charge in [0.1, 0.15) is 11.6 Å². The van der Waals surface area contributed by atoms with Gasteiger partial charge in [0.2, 0.25) is 5.91 Å². The van der Waals surface area contributed by atoms with E-state index >= 15 is 0 Å². The first-order chi connectivity index (χ1) is 8.51. The van der Waals surface area contributed by atoms with Crippen molar-refractivity contribution in [1.82, 2.24) is 10.2 Å². The van der Waals surface area contributed by atoms with Crippen LogP contribution in [-0.2, 0) is 9.53 Å². The molecule has 100 valence electrons. The predicted octanol–water partition coefficient (Wildman–Crippen LogP) is -0.847. The number of nitrogens with one attached hydrogen (secondary N) is 2. The standard InChI is InChI=1S/C10H16N4O4/c1-3-18-10(17)7-5(2)13-14-8(7)12-9(16)6(11)4-15/h6,15H,3-4,11H2,1-2H3,(H2,12,13,14,16). The highest BCUT2D eigenvalue weighted by Gasteiger charge is 2.22. The number of hydrogen-bond donors (Lipinski definition) is 4. The molecule has 1 atom stereocenters. The third-order valence-corrected chi connectivity index (χ3v) is 2.20. The third-order valence-electron chi connectivity index (χ3n) is 2.20. The van der Waals surface area contributed by atoms with E-state index in [1.165, 1.54) is 0 Å². The van der Waals surface area contributed by atoms with Crippen molar-refractivity contribution in [2.75, 3.05) is 18.5 Å². The van der Waals surface area contributed by atoms with Crippen LogP contribution in [-0.4, -0.2) is 46.4 Å². The number of aliphatic hydroxyl groups is 1. The molecule has 0 fully saturated rings. The normalized spacial score (nSPS) is 12.0. The van der Waals surface area contributed by atoms with E-state index in [4.69, 9.17) is 15.6 Å². The second-order valence-electron chi connectivity index (χ2n) is 3.57. The van der Waals surface area contributed by atoms with Gasteiger partial charge in [0, 0.05) is 5.69 Å². The number of amides is 1. The Morgan fingerprint density at radius 1 is 1.61 bits per heavy atom. The van der Waals surface area contributed by atoms with Crippen LogP contribution in [0.15, 0.2) is 0 Å². The maximum absolute atomic E-state index is 11.7. The van der Waals surface area contributed by atoms with E-state index in [9.17, 15) is 9.59 Å². The monoisotopic (exact) mass is 256 g/mol. The minimum atomic E-state index is -1.07. The van der Waals surface area contributed by atoms with E-state index in [1.807, 2.05) is 0 Å². The highest BCUT2D eigenvalue weighted by atomic mass is 16.5. The first-order valence-electron chi connectivity index (χ1n) is 5.40. The van der Waals surface area contributed by atoms with E-state index in [2.05, 4.69) is 15.5 Å². The number of nitrogens with zero attached hydrogens (tertiary/aromatic N) is 1. The van der Waals surface area contributed by atoms with Gasteiger partial charge >= 0.3 is 5.97 Å². The van der Waals surface area contributed by atoms with Gasteiger partial charge in [0.05, 0.1) is 13.2 Å². The summed E-state index contributed by atoms with van der Waals surface area (Å²) in [5, 5.41) is 17.5. The van der Waals surface area contributed by atoms with Gasteiger partial charge in [0.15, 0.2) is 5.82 Å². The van der Waals surface area contributed by atoms with Crippen LogP contribution in [0.5, 0.6) is 0 Å². The molecule has 1 aromatic heterocycles. The van der Waals surface area contributed by atoms with Gasteiger partial charge in [-0.2, -0.15) is 5.10 Å². The fourth-order valence-electron chi connectivity index (χ4n) is 1.26. The lowest BCUT2D eigenvalue weighted by Crippen LogP contribution is -2.38. The lowest BCUT2D eigenvalue weighted by Gasteiger charge is -2.08.